The van der Waals surface area contributed by atoms with E-state index in [1.807, 2.05) is 13.8 Å². The van der Waals surface area contributed by atoms with E-state index in [9.17, 15) is 17.6 Å². The zero-order valence-electron chi connectivity index (χ0n) is 16.5. The molecule has 6 nitrogen and oxygen atoms in total. The van der Waals surface area contributed by atoms with Crippen molar-refractivity contribution in [1.29, 1.82) is 0 Å². The van der Waals surface area contributed by atoms with Gasteiger partial charge in [0.1, 0.15) is 17.9 Å². The smallest absolute Gasteiger partial charge is 0.212 e. The van der Waals surface area contributed by atoms with Crippen molar-refractivity contribution in [3.63, 3.8) is 0 Å². The number of carbonyl (C=O) groups excluding carboxylic acids is 1. The lowest BCUT2D eigenvalue weighted by Gasteiger charge is -2.36. The summed E-state index contributed by atoms with van der Waals surface area (Å²) in [6, 6.07) is 7.57. The highest BCUT2D eigenvalue weighted by molar-refractivity contribution is 7.89. The molecule has 2 unspecified atom stereocenters. The third kappa shape index (κ3) is 3.48. The molecule has 1 aromatic carbocycles. The molecule has 2 aromatic rings. The average Bonchev–Trinajstić information content (AvgIpc) is 3.01. The lowest BCUT2D eigenvalue weighted by Crippen LogP contribution is -2.45. The maximum absolute atomic E-state index is 13.1. The van der Waals surface area contributed by atoms with Gasteiger partial charge >= 0.3 is 0 Å². The molecule has 0 radical (unpaired) electrons. The molecule has 29 heavy (non-hydrogen) atoms. The standard InChI is InChI=1S/C21H24FN3O3S/c1-20(2)15-7-8-21(20,19(26)9-15)12-29(27,28)25-11-17-10-18(24-13-23-17)14-3-5-16(22)6-4-14/h3-6,10,13,15,25H,7-9,11-12H2,1-2H3. The molecule has 2 bridgehead atoms. The van der Waals surface area contributed by atoms with Crippen LogP contribution in [0, 0.1) is 22.6 Å². The van der Waals surface area contributed by atoms with Crippen LogP contribution in [0.2, 0.25) is 0 Å². The van der Waals surface area contributed by atoms with Crippen LogP contribution in [0.3, 0.4) is 0 Å². The molecule has 4 rings (SSSR count). The van der Waals surface area contributed by atoms with Crippen LogP contribution in [0.5, 0.6) is 0 Å². The second kappa shape index (κ2) is 6.95. The van der Waals surface area contributed by atoms with Gasteiger partial charge in [0.25, 0.3) is 0 Å². The maximum Gasteiger partial charge on any atom is 0.212 e. The molecule has 1 heterocycles. The third-order valence-corrected chi connectivity index (χ3v) is 8.37. The fourth-order valence-electron chi connectivity index (χ4n) is 4.94. The van der Waals surface area contributed by atoms with Gasteiger partial charge in [0.05, 0.1) is 23.7 Å². The summed E-state index contributed by atoms with van der Waals surface area (Å²) in [4.78, 5) is 20.9. The Morgan fingerprint density at radius 2 is 1.93 bits per heavy atom. The molecule has 0 saturated heterocycles. The van der Waals surface area contributed by atoms with Crippen molar-refractivity contribution in [2.45, 2.75) is 39.7 Å². The number of nitrogens with one attached hydrogen (secondary N) is 1. The number of hydrogen-bond donors (Lipinski definition) is 1. The monoisotopic (exact) mass is 417 g/mol. The van der Waals surface area contributed by atoms with Crippen LogP contribution in [0.1, 0.15) is 38.8 Å². The molecule has 0 spiro atoms. The van der Waals surface area contributed by atoms with Crippen LogP contribution in [0.4, 0.5) is 4.39 Å². The molecule has 0 amide bonds. The first-order valence-electron chi connectivity index (χ1n) is 9.70. The van der Waals surface area contributed by atoms with Gasteiger partial charge in [-0.1, -0.05) is 13.8 Å². The van der Waals surface area contributed by atoms with Crippen LogP contribution in [-0.4, -0.2) is 29.9 Å². The number of fused-ring (bicyclic) bond motifs is 2. The Balaban J connectivity index is 1.48. The highest BCUT2D eigenvalue weighted by atomic mass is 32.2. The minimum Gasteiger partial charge on any atom is -0.299 e. The molecule has 2 aliphatic carbocycles. The molecule has 154 valence electrons. The van der Waals surface area contributed by atoms with Crippen molar-refractivity contribution in [3.05, 3.63) is 48.2 Å². The zero-order chi connectivity index (χ0) is 20.9. The van der Waals surface area contributed by atoms with E-state index in [4.69, 9.17) is 0 Å². The Hall–Kier alpha value is -2.19. The van der Waals surface area contributed by atoms with E-state index in [1.54, 1.807) is 18.2 Å². The average molecular weight is 418 g/mol. The lowest BCUT2D eigenvalue weighted by molar-refractivity contribution is -0.128. The summed E-state index contributed by atoms with van der Waals surface area (Å²) in [5, 5.41) is 0. The van der Waals surface area contributed by atoms with Crippen molar-refractivity contribution in [2.75, 3.05) is 5.75 Å². The minimum absolute atomic E-state index is 0.00712. The molecule has 0 aliphatic heterocycles. The van der Waals surface area contributed by atoms with Gasteiger partial charge in [-0.3, -0.25) is 4.79 Å². The summed E-state index contributed by atoms with van der Waals surface area (Å²) in [6.07, 6.45) is 3.37. The second-order valence-corrected chi connectivity index (χ2v) is 10.5. The van der Waals surface area contributed by atoms with Gasteiger partial charge < -0.3 is 0 Å². The van der Waals surface area contributed by atoms with E-state index < -0.39 is 15.4 Å². The van der Waals surface area contributed by atoms with Crippen LogP contribution < -0.4 is 4.72 Å². The van der Waals surface area contributed by atoms with Gasteiger partial charge in [0, 0.05) is 17.4 Å². The number of sulfonamides is 1. The van der Waals surface area contributed by atoms with Crippen molar-refractivity contribution < 1.29 is 17.6 Å². The number of benzene rings is 1. The Labute approximate surface area is 170 Å². The number of rotatable bonds is 6. The SMILES string of the molecule is CC1(C)C2CCC1(CS(=O)(=O)NCc1cc(-c3ccc(F)cc3)ncn1)C(=O)C2. The van der Waals surface area contributed by atoms with Crippen LogP contribution in [0.25, 0.3) is 11.3 Å². The van der Waals surface area contributed by atoms with Gasteiger partial charge in [-0.2, -0.15) is 0 Å². The van der Waals surface area contributed by atoms with E-state index in [1.165, 1.54) is 18.5 Å². The predicted octanol–water partition coefficient (Wildman–Crippen LogP) is 3.10. The third-order valence-electron chi connectivity index (χ3n) is 6.91. The van der Waals surface area contributed by atoms with Gasteiger partial charge in [0.15, 0.2) is 0 Å². The number of aromatic nitrogens is 2. The number of nitrogens with zero attached hydrogens (tertiary/aromatic N) is 2. The number of ketones is 1. The summed E-state index contributed by atoms with van der Waals surface area (Å²) in [7, 11) is -3.67. The number of halogens is 1. The molecule has 8 heteroatoms. The normalized spacial score (nSPS) is 25.5. The minimum atomic E-state index is -3.67. The van der Waals surface area contributed by atoms with E-state index >= 15 is 0 Å². The Kier molecular flexibility index (Phi) is 4.82. The fourth-order valence-corrected chi connectivity index (χ4v) is 6.74. The summed E-state index contributed by atoms with van der Waals surface area (Å²) in [6.45, 7) is 4.04. The first-order chi connectivity index (χ1) is 13.6. The summed E-state index contributed by atoms with van der Waals surface area (Å²) < 4.78 is 41.3. The van der Waals surface area contributed by atoms with Crippen molar-refractivity contribution in [3.8, 4) is 11.3 Å². The predicted molar refractivity (Wildman–Crippen MR) is 107 cm³/mol. The molecular formula is C21H24FN3O3S. The topological polar surface area (TPSA) is 89.0 Å². The molecule has 1 aromatic heterocycles. The highest BCUT2D eigenvalue weighted by Gasteiger charge is 2.65. The van der Waals surface area contributed by atoms with Gasteiger partial charge in [-0.25, -0.2) is 27.5 Å². The molecule has 2 aliphatic rings. The first kappa shape index (κ1) is 20.1. The Bertz CT molecular complexity index is 1050. The molecule has 2 atom stereocenters. The summed E-state index contributed by atoms with van der Waals surface area (Å²) >= 11 is 0. The number of Topliss-reactive ketones (excluding diaryl/α,β-unsaturated/α-hetero) is 1. The highest BCUT2D eigenvalue weighted by Crippen LogP contribution is 2.64. The van der Waals surface area contributed by atoms with Crippen LogP contribution >= 0.6 is 0 Å². The molecular weight excluding hydrogens is 393 g/mol. The quantitative estimate of drug-likeness (QED) is 0.780. The van der Waals surface area contributed by atoms with E-state index in [2.05, 4.69) is 14.7 Å². The Morgan fingerprint density at radius 1 is 1.21 bits per heavy atom. The first-order valence-corrected chi connectivity index (χ1v) is 11.4. The van der Waals surface area contributed by atoms with Gasteiger partial charge in [0.2, 0.25) is 10.0 Å². The molecule has 1 N–H and O–H groups in total. The van der Waals surface area contributed by atoms with Gasteiger partial charge in [-0.05, 0) is 54.5 Å². The van der Waals surface area contributed by atoms with Crippen molar-refractivity contribution in [1.82, 2.24) is 14.7 Å². The molecule has 2 saturated carbocycles. The zero-order valence-corrected chi connectivity index (χ0v) is 17.3. The van der Waals surface area contributed by atoms with Crippen LogP contribution in [-0.2, 0) is 21.4 Å². The fraction of sp³-hybridized carbons (Fsp3) is 0.476. The summed E-state index contributed by atoms with van der Waals surface area (Å²) in [5.41, 5.74) is 0.699. The van der Waals surface area contributed by atoms with Crippen molar-refractivity contribution >= 4 is 15.8 Å². The van der Waals surface area contributed by atoms with Gasteiger partial charge in [-0.15, -0.1) is 0 Å². The summed E-state index contributed by atoms with van der Waals surface area (Å²) in [5.74, 6) is -0.179. The van der Waals surface area contributed by atoms with Crippen LogP contribution in [0.15, 0.2) is 36.7 Å². The van der Waals surface area contributed by atoms with E-state index in [-0.39, 0.29) is 35.2 Å². The maximum atomic E-state index is 13.1. The van der Waals surface area contributed by atoms with Crippen molar-refractivity contribution in [2.24, 2.45) is 16.7 Å². The lowest BCUT2D eigenvalue weighted by atomic mass is 9.70. The second-order valence-electron chi connectivity index (χ2n) is 8.65. The molecule has 2 fully saturated rings. The Morgan fingerprint density at radius 3 is 2.55 bits per heavy atom. The van der Waals surface area contributed by atoms with E-state index in [0.717, 1.165) is 6.42 Å². The van der Waals surface area contributed by atoms with E-state index in [0.29, 0.717) is 29.8 Å². The number of hydrogen-bond acceptors (Lipinski definition) is 5. The largest absolute Gasteiger partial charge is 0.299 e. The number of carbonyl (C=O) groups is 1.